The van der Waals surface area contributed by atoms with Crippen LogP contribution in [0.1, 0.15) is 11.3 Å². The monoisotopic (exact) mass is 155 g/mol. The van der Waals surface area contributed by atoms with Gasteiger partial charge in [-0.3, -0.25) is 0 Å². The van der Waals surface area contributed by atoms with Crippen molar-refractivity contribution >= 4 is 0 Å². The molecule has 0 fully saturated rings. The first-order valence-electron chi connectivity index (χ1n) is 3.66. The molecule has 0 aromatic carbocycles. The first-order valence-corrected chi connectivity index (χ1v) is 3.66. The normalized spacial score (nSPS) is 10.5. The van der Waals surface area contributed by atoms with E-state index in [0.29, 0.717) is 6.54 Å². The van der Waals surface area contributed by atoms with E-state index < -0.39 is 0 Å². The number of aromatic nitrogens is 1. The average Bonchev–Trinajstić information content (AvgIpc) is 2.33. The number of rotatable bonds is 3. The molecule has 1 aromatic rings. The Hall–Kier alpha value is -0.800. The number of aryl methyl sites for hydroxylation is 1. The maximum absolute atomic E-state index is 8.91. The Labute approximate surface area is 65.9 Å². The number of aliphatic hydroxyl groups is 2. The van der Waals surface area contributed by atoms with Gasteiger partial charge in [-0.2, -0.15) is 0 Å². The van der Waals surface area contributed by atoms with Gasteiger partial charge in [0.1, 0.15) is 0 Å². The minimum absolute atomic E-state index is 0.0405. The summed E-state index contributed by atoms with van der Waals surface area (Å²) >= 11 is 0. The smallest absolute Gasteiger partial charge is 0.0835 e. The van der Waals surface area contributed by atoms with Crippen LogP contribution in [0.4, 0.5) is 0 Å². The SMILES string of the molecule is Cc1ccn(CCO)c1CO. The van der Waals surface area contributed by atoms with Crippen molar-refractivity contribution < 1.29 is 10.2 Å². The van der Waals surface area contributed by atoms with Crippen LogP contribution in [-0.4, -0.2) is 21.4 Å². The minimum atomic E-state index is 0.0405. The Kier molecular flexibility index (Phi) is 2.68. The summed E-state index contributed by atoms with van der Waals surface area (Å²) < 4.78 is 1.86. The first-order chi connectivity index (χ1) is 5.29. The topological polar surface area (TPSA) is 45.4 Å². The highest BCUT2D eigenvalue weighted by Gasteiger charge is 2.02. The van der Waals surface area contributed by atoms with Crippen LogP contribution in [-0.2, 0) is 13.2 Å². The molecule has 0 bridgehead atoms. The summed E-state index contributed by atoms with van der Waals surface area (Å²) in [5.41, 5.74) is 1.96. The number of aliphatic hydroxyl groups excluding tert-OH is 2. The van der Waals surface area contributed by atoms with Gasteiger partial charge < -0.3 is 14.8 Å². The molecule has 11 heavy (non-hydrogen) atoms. The zero-order chi connectivity index (χ0) is 8.27. The van der Waals surface area contributed by atoms with Crippen LogP contribution in [0.2, 0.25) is 0 Å². The lowest BCUT2D eigenvalue weighted by atomic mass is 10.3. The molecule has 0 unspecified atom stereocenters. The largest absolute Gasteiger partial charge is 0.395 e. The van der Waals surface area contributed by atoms with Crippen molar-refractivity contribution in [3.63, 3.8) is 0 Å². The van der Waals surface area contributed by atoms with Crippen molar-refractivity contribution in [2.75, 3.05) is 6.61 Å². The maximum atomic E-state index is 8.91. The zero-order valence-corrected chi connectivity index (χ0v) is 6.62. The van der Waals surface area contributed by atoms with Crippen molar-refractivity contribution in [2.45, 2.75) is 20.1 Å². The molecule has 0 saturated carbocycles. The van der Waals surface area contributed by atoms with E-state index in [-0.39, 0.29) is 13.2 Å². The fourth-order valence-electron chi connectivity index (χ4n) is 1.15. The van der Waals surface area contributed by atoms with Crippen LogP contribution in [0, 0.1) is 6.92 Å². The van der Waals surface area contributed by atoms with Crippen molar-refractivity contribution in [2.24, 2.45) is 0 Å². The summed E-state index contributed by atoms with van der Waals surface area (Å²) in [6, 6.07) is 1.93. The molecule has 3 nitrogen and oxygen atoms in total. The van der Waals surface area contributed by atoms with Crippen molar-refractivity contribution in [1.29, 1.82) is 0 Å². The number of hydrogen-bond acceptors (Lipinski definition) is 2. The van der Waals surface area contributed by atoms with Gasteiger partial charge in [0.15, 0.2) is 0 Å². The van der Waals surface area contributed by atoms with Crippen LogP contribution in [0.25, 0.3) is 0 Å². The molecular formula is C8H13NO2. The Morgan fingerprint density at radius 3 is 2.73 bits per heavy atom. The quantitative estimate of drug-likeness (QED) is 0.658. The molecule has 0 aliphatic rings. The molecule has 0 aliphatic heterocycles. The Morgan fingerprint density at radius 2 is 2.18 bits per heavy atom. The van der Waals surface area contributed by atoms with Crippen molar-refractivity contribution in [3.05, 3.63) is 23.5 Å². The second-order valence-electron chi connectivity index (χ2n) is 2.52. The molecule has 0 radical (unpaired) electrons. The third-order valence-electron chi connectivity index (χ3n) is 1.80. The first kappa shape index (κ1) is 8.30. The molecule has 0 saturated heterocycles. The molecule has 0 aliphatic carbocycles. The fourth-order valence-corrected chi connectivity index (χ4v) is 1.15. The highest BCUT2D eigenvalue weighted by Crippen LogP contribution is 2.08. The molecule has 0 spiro atoms. The van der Waals surface area contributed by atoms with Crippen molar-refractivity contribution in [1.82, 2.24) is 4.57 Å². The summed E-state index contributed by atoms with van der Waals surface area (Å²) in [6.07, 6.45) is 1.87. The highest BCUT2D eigenvalue weighted by molar-refractivity contribution is 5.19. The van der Waals surface area contributed by atoms with Gasteiger partial charge in [-0.05, 0) is 18.6 Å². The van der Waals surface area contributed by atoms with Gasteiger partial charge in [0.2, 0.25) is 0 Å². The summed E-state index contributed by atoms with van der Waals surface area (Å²) in [5.74, 6) is 0. The van der Waals surface area contributed by atoms with Gasteiger partial charge >= 0.3 is 0 Å². The molecule has 1 heterocycles. The predicted octanol–water partition coefficient (Wildman–Crippen LogP) is 0.281. The van der Waals surface area contributed by atoms with E-state index in [0.717, 1.165) is 11.3 Å². The molecule has 1 aromatic heterocycles. The van der Waals surface area contributed by atoms with E-state index in [9.17, 15) is 0 Å². The Balaban J connectivity index is 2.86. The van der Waals surface area contributed by atoms with E-state index >= 15 is 0 Å². The van der Waals surface area contributed by atoms with Gasteiger partial charge in [-0.1, -0.05) is 0 Å². The summed E-state index contributed by atoms with van der Waals surface area (Å²) in [4.78, 5) is 0. The van der Waals surface area contributed by atoms with Gasteiger partial charge in [-0.15, -0.1) is 0 Å². The number of nitrogens with zero attached hydrogens (tertiary/aromatic N) is 1. The van der Waals surface area contributed by atoms with E-state index in [4.69, 9.17) is 10.2 Å². The number of hydrogen-bond donors (Lipinski definition) is 2. The van der Waals surface area contributed by atoms with Crippen LogP contribution < -0.4 is 0 Å². The lowest BCUT2D eigenvalue weighted by Crippen LogP contribution is -2.05. The molecular weight excluding hydrogens is 142 g/mol. The van der Waals surface area contributed by atoms with Crippen LogP contribution >= 0.6 is 0 Å². The van der Waals surface area contributed by atoms with E-state index in [1.165, 1.54) is 0 Å². The third-order valence-corrected chi connectivity index (χ3v) is 1.80. The lowest BCUT2D eigenvalue weighted by molar-refractivity contribution is 0.250. The zero-order valence-electron chi connectivity index (χ0n) is 6.62. The highest BCUT2D eigenvalue weighted by atomic mass is 16.3. The van der Waals surface area contributed by atoms with Crippen LogP contribution in [0.5, 0.6) is 0 Å². The second-order valence-corrected chi connectivity index (χ2v) is 2.52. The lowest BCUT2D eigenvalue weighted by Gasteiger charge is -2.04. The molecule has 3 heteroatoms. The van der Waals surface area contributed by atoms with E-state index in [1.807, 2.05) is 23.8 Å². The summed E-state index contributed by atoms with van der Waals surface area (Å²) in [6.45, 7) is 2.66. The molecule has 2 N–H and O–H groups in total. The maximum Gasteiger partial charge on any atom is 0.0835 e. The van der Waals surface area contributed by atoms with Gasteiger partial charge in [0, 0.05) is 18.4 Å². The summed E-state index contributed by atoms with van der Waals surface area (Å²) in [5, 5.41) is 17.6. The third kappa shape index (κ3) is 1.61. The molecule has 0 atom stereocenters. The van der Waals surface area contributed by atoms with Gasteiger partial charge in [-0.25, -0.2) is 0 Å². The van der Waals surface area contributed by atoms with Crippen LogP contribution in [0.3, 0.4) is 0 Å². The van der Waals surface area contributed by atoms with Gasteiger partial charge in [0.05, 0.1) is 13.2 Å². The average molecular weight is 155 g/mol. The van der Waals surface area contributed by atoms with E-state index in [1.54, 1.807) is 0 Å². The summed E-state index contributed by atoms with van der Waals surface area (Å²) in [7, 11) is 0. The fraction of sp³-hybridized carbons (Fsp3) is 0.500. The molecule has 62 valence electrons. The van der Waals surface area contributed by atoms with Crippen LogP contribution in [0.15, 0.2) is 12.3 Å². The second kappa shape index (κ2) is 3.55. The van der Waals surface area contributed by atoms with E-state index in [2.05, 4.69) is 0 Å². The molecule has 1 rings (SSSR count). The predicted molar refractivity (Wildman–Crippen MR) is 42.2 cm³/mol. The Morgan fingerprint density at radius 1 is 1.45 bits per heavy atom. The van der Waals surface area contributed by atoms with Gasteiger partial charge in [0.25, 0.3) is 0 Å². The van der Waals surface area contributed by atoms with Crippen molar-refractivity contribution in [3.8, 4) is 0 Å². The molecule has 0 amide bonds. The minimum Gasteiger partial charge on any atom is -0.395 e. The standard InChI is InChI=1S/C8H13NO2/c1-7-2-3-9(4-5-10)8(7)6-11/h2-3,10-11H,4-6H2,1H3. The Bertz CT molecular complexity index is 230.